The van der Waals surface area contributed by atoms with Crippen molar-refractivity contribution < 1.29 is 27.2 Å². The maximum absolute atomic E-state index is 13.6. The van der Waals surface area contributed by atoms with E-state index in [4.69, 9.17) is 0 Å². The molecule has 1 saturated heterocycles. The molecule has 0 aromatic heterocycles. The van der Waals surface area contributed by atoms with Crippen molar-refractivity contribution in [3.05, 3.63) is 65.5 Å². The van der Waals surface area contributed by atoms with Crippen molar-refractivity contribution in [3.8, 4) is 0 Å². The van der Waals surface area contributed by atoms with Crippen molar-refractivity contribution in [3.63, 3.8) is 0 Å². The van der Waals surface area contributed by atoms with Gasteiger partial charge in [0.15, 0.2) is 0 Å². The second kappa shape index (κ2) is 8.00. The summed E-state index contributed by atoms with van der Waals surface area (Å²) in [6.45, 7) is 0.208. The molecule has 1 fully saturated rings. The molecule has 0 saturated carbocycles. The molecule has 2 aromatic carbocycles. The van der Waals surface area contributed by atoms with E-state index in [1.807, 2.05) is 0 Å². The summed E-state index contributed by atoms with van der Waals surface area (Å²) < 4.78 is 52.2. The summed E-state index contributed by atoms with van der Waals surface area (Å²) in [5, 5.41) is 2.66. The number of rotatable bonds is 5. The highest BCUT2D eigenvalue weighted by atomic mass is 19.4. The highest BCUT2D eigenvalue weighted by molar-refractivity contribution is 6.00. The highest BCUT2D eigenvalue weighted by Crippen LogP contribution is 2.33. The average Bonchev–Trinajstić information content (AvgIpc) is 3.04. The van der Waals surface area contributed by atoms with E-state index in [2.05, 4.69) is 5.32 Å². The van der Waals surface area contributed by atoms with Gasteiger partial charge in [-0.3, -0.25) is 9.59 Å². The number of carbonyl (C=O) groups excluding carboxylic acids is 2. The van der Waals surface area contributed by atoms with Gasteiger partial charge in [-0.1, -0.05) is 24.3 Å². The van der Waals surface area contributed by atoms with Gasteiger partial charge in [-0.05, 0) is 36.2 Å². The van der Waals surface area contributed by atoms with Gasteiger partial charge in [0.2, 0.25) is 11.8 Å². The fourth-order valence-electron chi connectivity index (χ4n) is 3.15. The van der Waals surface area contributed by atoms with Crippen molar-refractivity contribution in [2.45, 2.75) is 19.0 Å². The molecule has 1 N–H and O–H groups in total. The van der Waals surface area contributed by atoms with E-state index in [1.54, 1.807) is 18.2 Å². The first-order valence-electron chi connectivity index (χ1n) is 8.74. The Bertz CT molecular complexity index is 883. The van der Waals surface area contributed by atoms with Crippen LogP contribution in [0.4, 0.5) is 23.2 Å². The maximum Gasteiger partial charge on any atom is 0.416 e. The summed E-state index contributed by atoms with van der Waals surface area (Å²) in [5.41, 5.74) is -0.270. The van der Waals surface area contributed by atoms with Crippen molar-refractivity contribution in [2.24, 2.45) is 5.92 Å². The zero-order valence-corrected chi connectivity index (χ0v) is 14.8. The predicted molar refractivity (Wildman–Crippen MR) is 95.0 cm³/mol. The fraction of sp³-hybridized carbons (Fsp3) is 0.300. The van der Waals surface area contributed by atoms with E-state index in [1.165, 1.54) is 23.1 Å². The van der Waals surface area contributed by atoms with Crippen LogP contribution in [0.25, 0.3) is 0 Å². The number of hydrogen-bond acceptors (Lipinski definition) is 2. The van der Waals surface area contributed by atoms with Crippen LogP contribution >= 0.6 is 0 Å². The van der Waals surface area contributed by atoms with Gasteiger partial charge in [-0.25, -0.2) is 4.39 Å². The molecule has 1 heterocycles. The number of halogens is 4. The molecule has 2 amide bonds. The monoisotopic (exact) mass is 394 g/mol. The first kappa shape index (κ1) is 19.9. The van der Waals surface area contributed by atoms with Crippen LogP contribution in [-0.2, 0) is 22.2 Å². The Labute approximate surface area is 159 Å². The number of carbonyl (C=O) groups is 2. The predicted octanol–water partition coefficient (Wildman–Crippen LogP) is 3.56. The maximum atomic E-state index is 13.6. The second-order valence-electron chi connectivity index (χ2n) is 6.59. The van der Waals surface area contributed by atoms with Crippen molar-refractivity contribution >= 4 is 17.5 Å². The Morgan fingerprint density at radius 1 is 1.14 bits per heavy atom. The second-order valence-corrected chi connectivity index (χ2v) is 6.59. The summed E-state index contributed by atoms with van der Waals surface area (Å²) >= 11 is 0. The van der Waals surface area contributed by atoms with E-state index in [-0.39, 0.29) is 36.9 Å². The minimum atomic E-state index is -4.51. The van der Waals surface area contributed by atoms with Gasteiger partial charge < -0.3 is 10.2 Å². The molecule has 2 aromatic rings. The van der Waals surface area contributed by atoms with Gasteiger partial charge in [0, 0.05) is 25.2 Å². The fourth-order valence-corrected chi connectivity index (χ4v) is 3.15. The van der Waals surface area contributed by atoms with Gasteiger partial charge in [-0.2, -0.15) is 13.2 Å². The van der Waals surface area contributed by atoms with Crippen molar-refractivity contribution in [2.75, 3.05) is 18.0 Å². The van der Waals surface area contributed by atoms with Gasteiger partial charge in [-0.15, -0.1) is 0 Å². The van der Waals surface area contributed by atoms with E-state index in [0.29, 0.717) is 12.0 Å². The number of amides is 2. The molecule has 3 rings (SSSR count). The summed E-state index contributed by atoms with van der Waals surface area (Å²) in [6, 6.07) is 10.7. The van der Waals surface area contributed by atoms with Gasteiger partial charge in [0.05, 0.1) is 11.5 Å². The first-order valence-corrected chi connectivity index (χ1v) is 8.74. The SMILES string of the molecule is O=C(NCCc1ccccc1F)[C@H]1CC(=O)N(c2cccc(C(F)(F)F)c2)C1. The normalized spacial score (nSPS) is 17.1. The lowest BCUT2D eigenvalue weighted by molar-refractivity contribution is -0.137. The standard InChI is InChI=1S/C20H18F4N2O2/c21-17-7-2-1-4-13(17)8-9-25-19(28)14-10-18(27)26(12-14)16-6-3-5-15(11-16)20(22,23)24/h1-7,11,14H,8-10,12H2,(H,25,28)/t14-/m0/s1. The molecule has 0 unspecified atom stereocenters. The zero-order valence-electron chi connectivity index (χ0n) is 14.8. The zero-order chi connectivity index (χ0) is 20.3. The van der Waals surface area contributed by atoms with Crippen LogP contribution in [0.3, 0.4) is 0 Å². The Morgan fingerprint density at radius 2 is 1.89 bits per heavy atom. The Balaban J connectivity index is 1.59. The Hall–Kier alpha value is -2.90. The van der Waals surface area contributed by atoms with Gasteiger partial charge in [0.1, 0.15) is 5.82 Å². The third kappa shape index (κ3) is 4.49. The van der Waals surface area contributed by atoms with Crippen LogP contribution in [-0.4, -0.2) is 24.9 Å². The topological polar surface area (TPSA) is 49.4 Å². The lowest BCUT2D eigenvalue weighted by atomic mass is 10.1. The molecule has 1 aliphatic rings. The summed E-state index contributed by atoms with van der Waals surface area (Å²) in [7, 11) is 0. The Morgan fingerprint density at radius 3 is 2.61 bits per heavy atom. The molecule has 0 bridgehead atoms. The number of nitrogens with zero attached hydrogens (tertiary/aromatic N) is 1. The van der Waals surface area contributed by atoms with Crippen LogP contribution in [0, 0.1) is 11.7 Å². The van der Waals surface area contributed by atoms with Crippen LogP contribution in [0.1, 0.15) is 17.5 Å². The number of anilines is 1. The van der Waals surface area contributed by atoms with Crippen LogP contribution in [0.15, 0.2) is 48.5 Å². The average molecular weight is 394 g/mol. The molecule has 8 heteroatoms. The van der Waals surface area contributed by atoms with Gasteiger partial charge >= 0.3 is 6.18 Å². The molecule has 0 aliphatic carbocycles. The molecule has 148 valence electrons. The summed E-state index contributed by atoms with van der Waals surface area (Å²) in [6.07, 6.45) is -4.29. The molecule has 4 nitrogen and oxygen atoms in total. The number of benzene rings is 2. The third-order valence-corrected chi connectivity index (χ3v) is 4.63. The van der Waals surface area contributed by atoms with Crippen LogP contribution in [0.5, 0.6) is 0 Å². The molecule has 28 heavy (non-hydrogen) atoms. The molecular formula is C20H18F4N2O2. The van der Waals surface area contributed by atoms with E-state index in [0.717, 1.165) is 12.1 Å². The molecule has 1 aliphatic heterocycles. The third-order valence-electron chi connectivity index (χ3n) is 4.63. The van der Waals surface area contributed by atoms with Crippen molar-refractivity contribution in [1.82, 2.24) is 5.32 Å². The van der Waals surface area contributed by atoms with E-state index in [9.17, 15) is 27.2 Å². The number of alkyl halides is 3. The summed E-state index contributed by atoms with van der Waals surface area (Å²) in [5.74, 6) is -1.81. The van der Waals surface area contributed by atoms with Crippen molar-refractivity contribution in [1.29, 1.82) is 0 Å². The van der Waals surface area contributed by atoms with Gasteiger partial charge in [0.25, 0.3) is 0 Å². The number of hydrogen-bond donors (Lipinski definition) is 1. The quantitative estimate of drug-likeness (QED) is 0.789. The lowest BCUT2D eigenvalue weighted by Crippen LogP contribution is -2.34. The molecular weight excluding hydrogens is 376 g/mol. The van der Waals surface area contributed by atoms with E-state index < -0.39 is 23.6 Å². The smallest absolute Gasteiger partial charge is 0.355 e. The largest absolute Gasteiger partial charge is 0.416 e. The molecule has 0 spiro atoms. The first-order chi connectivity index (χ1) is 13.3. The minimum Gasteiger partial charge on any atom is -0.355 e. The van der Waals surface area contributed by atoms with Crippen LogP contribution < -0.4 is 10.2 Å². The number of nitrogens with one attached hydrogen (secondary N) is 1. The van der Waals surface area contributed by atoms with Crippen LogP contribution in [0.2, 0.25) is 0 Å². The highest BCUT2D eigenvalue weighted by Gasteiger charge is 2.36. The molecule has 0 radical (unpaired) electrons. The summed E-state index contributed by atoms with van der Waals surface area (Å²) in [4.78, 5) is 25.7. The van der Waals surface area contributed by atoms with E-state index >= 15 is 0 Å². The minimum absolute atomic E-state index is 0.00563. The Kier molecular flexibility index (Phi) is 5.67. The lowest BCUT2D eigenvalue weighted by Gasteiger charge is -2.18. The molecule has 1 atom stereocenters.